The fourth-order valence-electron chi connectivity index (χ4n) is 4.01. The lowest BCUT2D eigenvalue weighted by Crippen LogP contribution is -2.65. The molecule has 6 atom stereocenters. The molecular weight excluding hydrogens is 605 g/mol. The van der Waals surface area contributed by atoms with Gasteiger partial charge in [-0.2, -0.15) is 0 Å². The molecule has 41 heavy (non-hydrogen) atoms. The first-order chi connectivity index (χ1) is 19.6. The number of amides is 1. The highest BCUT2D eigenvalue weighted by molar-refractivity contribution is 6.67. The Kier molecular flexibility index (Phi) is 19.5. The number of rotatable bonds is 19. The van der Waals surface area contributed by atoms with Crippen LogP contribution >= 0.6 is 34.8 Å². The molecule has 238 valence electrons. The first-order valence-electron chi connectivity index (χ1n) is 13.7. The zero-order valence-electron chi connectivity index (χ0n) is 23.9. The summed E-state index contributed by atoms with van der Waals surface area (Å²) in [6, 6.07) is -1.07. The van der Waals surface area contributed by atoms with Crippen LogP contribution in [0.4, 0.5) is 9.59 Å². The Morgan fingerprint density at radius 3 is 2.49 bits per heavy atom. The number of allylic oxidation sites excluding steroid dienone is 1. The topological polar surface area (TPSA) is 131 Å². The number of hydrogen-bond acceptors (Lipinski definition) is 10. The van der Waals surface area contributed by atoms with Crippen LogP contribution in [0, 0.1) is 0 Å². The normalized spacial score (nSPS) is 23.5. The lowest BCUT2D eigenvalue weighted by atomic mass is 9.96. The summed E-state index contributed by atoms with van der Waals surface area (Å²) in [6.07, 6.45) is 4.76. The standard InChI is InChI=1S/C27H44Cl3NO10/c1-5-8-9-10-11-12-19(35-4)13-16-36-23-21(31-25(33)40-18-27(28,29)30)24(37-14-6-2)41-20(22(23)32)17-39-26(34)38-15-7-3/h6-7,14,19-24,32H,3,5,8-13,15-18H2,1-2,4H3,(H,31,33)/t19-,20-,21-,22-,23-,24-/m1/s1. The molecule has 1 heterocycles. The van der Waals surface area contributed by atoms with Gasteiger partial charge in [0.25, 0.3) is 0 Å². The zero-order chi connectivity index (χ0) is 30.7. The van der Waals surface area contributed by atoms with Crippen molar-refractivity contribution >= 4 is 47.1 Å². The van der Waals surface area contributed by atoms with Gasteiger partial charge in [0, 0.05) is 13.7 Å². The van der Waals surface area contributed by atoms with Crippen LogP contribution in [0.25, 0.3) is 0 Å². The third kappa shape index (κ3) is 16.1. The van der Waals surface area contributed by atoms with Crippen LogP contribution in [0.1, 0.15) is 58.8 Å². The Labute approximate surface area is 257 Å². The fraction of sp³-hybridized carbons (Fsp3) is 0.778. The van der Waals surface area contributed by atoms with E-state index in [0.717, 1.165) is 19.3 Å². The second-order valence-electron chi connectivity index (χ2n) is 9.35. The smallest absolute Gasteiger partial charge is 0.471 e. The van der Waals surface area contributed by atoms with Crippen LogP contribution in [0.5, 0.6) is 0 Å². The van der Waals surface area contributed by atoms with Crippen LogP contribution in [0.3, 0.4) is 0 Å². The Morgan fingerprint density at radius 2 is 1.85 bits per heavy atom. The number of carbonyl (C=O) groups is 2. The van der Waals surface area contributed by atoms with E-state index in [1.54, 1.807) is 20.1 Å². The van der Waals surface area contributed by atoms with Crippen LogP contribution in [-0.2, 0) is 33.2 Å². The van der Waals surface area contributed by atoms with E-state index in [9.17, 15) is 14.7 Å². The minimum absolute atomic E-state index is 0.0484. The van der Waals surface area contributed by atoms with Gasteiger partial charge in [0.2, 0.25) is 10.1 Å². The number of methoxy groups -OCH3 is 1. The predicted molar refractivity (Wildman–Crippen MR) is 155 cm³/mol. The van der Waals surface area contributed by atoms with Crippen LogP contribution in [0.2, 0.25) is 0 Å². The van der Waals surface area contributed by atoms with E-state index in [-0.39, 0.29) is 25.9 Å². The first-order valence-corrected chi connectivity index (χ1v) is 14.8. The van der Waals surface area contributed by atoms with Crippen molar-refractivity contribution in [2.24, 2.45) is 0 Å². The largest absolute Gasteiger partial charge is 0.508 e. The number of alkyl halides is 3. The lowest BCUT2D eigenvalue weighted by Gasteiger charge is -2.43. The van der Waals surface area contributed by atoms with Gasteiger partial charge in [-0.3, -0.25) is 0 Å². The summed E-state index contributed by atoms with van der Waals surface area (Å²) in [7, 11) is 1.64. The molecule has 0 aliphatic carbocycles. The SMILES string of the molecule is C=CCOC(=O)OC[C@H]1O[C@@H](OC=CC)[C@H](NC(=O)OCC(Cl)(Cl)Cl)[C@@H](OCC[C@@H](CCCCCCC)OC)[C@@H]1O. The molecule has 2 N–H and O–H groups in total. The number of aliphatic hydroxyl groups is 1. The molecule has 0 bridgehead atoms. The van der Waals surface area contributed by atoms with Crippen molar-refractivity contribution < 1.29 is 47.9 Å². The molecule has 0 unspecified atom stereocenters. The Bertz CT molecular complexity index is 783. The molecule has 1 aliphatic heterocycles. The van der Waals surface area contributed by atoms with Gasteiger partial charge in [-0.25, -0.2) is 9.59 Å². The molecule has 14 heteroatoms. The van der Waals surface area contributed by atoms with E-state index < -0.39 is 53.3 Å². The number of hydrogen-bond donors (Lipinski definition) is 2. The number of aliphatic hydroxyl groups excluding tert-OH is 1. The minimum Gasteiger partial charge on any atom is -0.471 e. The molecule has 11 nitrogen and oxygen atoms in total. The number of alkyl carbamates (subject to hydrolysis) is 1. The summed E-state index contributed by atoms with van der Waals surface area (Å²) >= 11 is 17.1. The van der Waals surface area contributed by atoms with Crippen LogP contribution in [-0.4, -0.2) is 91.4 Å². The molecule has 1 fully saturated rings. The summed E-state index contributed by atoms with van der Waals surface area (Å²) in [5, 5.41) is 13.8. The predicted octanol–water partition coefficient (Wildman–Crippen LogP) is 5.58. The van der Waals surface area contributed by atoms with Crippen molar-refractivity contribution in [3.05, 3.63) is 25.0 Å². The van der Waals surface area contributed by atoms with Gasteiger partial charge in [-0.15, -0.1) is 0 Å². The molecule has 1 saturated heterocycles. The van der Waals surface area contributed by atoms with Crippen molar-refractivity contribution in [3.8, 4) is 0 Å². The highest BCUT2D eigenvalue weighted by atomic mass is 35.6. The molecule has 0 aromatic rings. The summed E-state index contributed by atoms with van der Waals surface area (Å²) in [6.45, 7) is 6.58. The average molecular weight is 649 g/mol. The summed E-state index contributed by atoms with van der Waals surface area (Å²) < 4.78 is 36.3. The molecule has 0 aromatic heterocycles. The minimum atomic E-state index is -1.83. The number of nitrogens with one attached hydrogen (secondary N) is 1. The van der Waals surface area contributed by atoms with Crippen molar-refractivity contribution in [2.75, 3.05) is 33.5 Å². The number of ether oxygens (including phenoxy) is 7. The number of halogens is 3. The molecule has 0 saturated carbocycles. The summed E-state index contributed by atoms with van der Waals surface area (Å²) in [5.74, 6) is 0. The number of unbranched alkanes of at least 4 members (excludes halogenated alkanes) is 4. The third-order valence-electron chi connectivity index (χ3n) is 6.07. The molecule has 0 radical (unpaired) electrons. The Hall–Kier alpha value is -1.47. The van der Waals surface area contributed by atoms with E-state index in [1.165, 1.54) is 31.6 Å². The van der Waals surface area contributed by atoms with Gasteiger partial charge in [0.05, 0.1) is 12.4 Å². The summed E-state index contributed by atoms with van der Waals surface area (Å²) in [4.78, 5) is 24.4. The van der Waals surface area contributed by atoms with Crippen molar-refractivity contribution in [1.82, 2.24) is 5.32 Å². The van der Waals surface area contributed by atoms with E-state index in [0.29, 0.717) is 6.42 Å². The maximum atomic E-state index is 12.6. The van der Waals surface area contributed by atoms with E-state index in [1.807, 2.05) is 0 Å². The fourth-order valence-corrected chi connectivity index (χ4v) is 4.18. The highest BCUT2D eigenvalue weighted by Crippen LogP contribution is 2.28. The number of carbonyl (C=O) groups excluding carboxylic acids is 2. The highest BCUT2D eigenvalue weighted by Gasteiger charge is 2.48. The molecular formula is C27H44Cl3NO10. The molecule has 0 spiro atoms. The monoisotopic (exact) mass is 647 g/mol. The summed E-state index contributed by atoms with van der Waals surface area (Å²) in [5.41, 5.74) is 0. The Balaban J connectivity index is 3.01. The van der Waals surface area contributed by atoms with E-state index in [2.05, 4.69) is 18.8 Å². The van der Waals surface area contributed by atoms with Crippen molar-refractivity contribution in [1.29, 1.82) is 0 Å². The van der Waals surface area contributed by atoms with Crippen molar-refractivity contribution in [3.63, 3.8) is 0 Å². The maximum Gasteiger partial charge on any atom is 0.508 e. The van der Waals surface area contributed by atoms with Gasteiger partial charge in [-0.1, -0.05) is 92.6 Å². The van der Waals surface area contributed by atoms with Crippen LogP contribution in [0.15, 0.2) is 25.0 Å². The maximum absolute atomic E-state index is 12.6. The van der Waals surface area contributed by atoms with Gasteiger partial charge >= 0.3 is 12.2 Å². The lowest BCUT2D eigenvalue weighted by molar-refractivity contribution is -0.263. The third-order valence-corrected chi connectivity index (χ3v) is 6.40. The average Bonchev–Trinajstić information content (AvgIpc) is 2.93. The molecule has 1 rings (SSSR count). The van der Waals surface area contributed by atoms with E-state index in [4.69, 9.17) is 68.0 Å². The molecule has 0 aromatic carbocycles. The molecule has 1 amide bonds. The van der Waals surface area contributed by atoms with E-state index >= 15 is 0 Å². The Morgan fingerprint density at radius 1 is 1.12 bits per heavy atom. The zero-order valence-corrected chi connectivity index (χ0v) is 26.2. The van der Waals surface area contributed by atoms with Gasteiger partial charge in [-0.05, 0) is 19.8 Å². The van der Waals surface area contributed by atoms with Crippen LogP contribution < -0.4 is 5.32 Å². The second-order valence-corrected chi connectivity index (χ2v) is 11.9. The van der Waals surface area contributed by atoms with Gasteiger partial charge in [0.1, 0.15) is 44.2 Å². The van der Waals surface area contributed by atoms with Crippen molar-refractivity contribution in [2.45, 2.75) is 99.3 Å². The van der Waals surface area contributed by atoms with Gasteiger partial charge < -0.3 is 43.6 Å². The first kappa shape index (κ1) is 37.6. The quantitative estimate of drug-likeness (QED) is 0.0602. The van der Waals surface area contributed by atoms with Gasteiger partial charge in [0.15, 0.2) is 0 Å². The second kappa shape index (κ2) is 21.3. The molecule has 1 aliphatic rings.